The average Bonchev–Trinajstić information content (AvgIpc) is 2.46. The van der Waals surface area contributed by atoms with Crippen molar-refractivity contribution < 1.29 is 4.39 Å². The molecule has 3 heteroatoms. The number of alkyl halides is 1. The normalized spacial score (nSPS) is 12.6. The summed E-state index contributed by atoms with van der Waals surface area (Å²) in [5, 5.41) is -0.368. The van der Waals surface area contributed by atoms with Crippen molar-refractivity contribution in [3.63, 3.8) is 0 Å². The number of hydrogen-bond acceptors (Lipinski definition) is 0. The number of rotatable bonds is 2. The summed E-state index contributed by atoms with van der Waals surface area (Å²) in [4.78, 5) is 0. The Labute approximate surface area is 139 Å². The van der Waals surface area contributed by atoms with Crippen molar-refractivity contribution in [3.05, 3.63) is 67.4 Å². The van der Waals surface area contributed by atoms with Gasteiger partial charge in [-0.15, -0.1) is 11.6 Å². The molecule has 112 valence electrons. The van der Waals surface area contributed by atoms with Crippen molar-refractivity contribution >= 4 is 27.5 Å². The molecule has 0 nitrogen and oxygen atoms in total. The van der Waals surface area contributed by atoms with Crippen LogP contribution in [0.3, 0.4) is 0 Å². The highest BCUT2D eigenvalue weighted by atomic mass is 79.9. The van der Waals surface area contributed by atoms with E-state index in [0.717, 1.165) is 11.1 Å². The van der Waals surface area contributed by atoms with Crippen LogP contribution in [0, 0.1) is 40.4 Å². The smallest absolute Gasteiger partial charge is 0.137 e. The minimum absolute atomic E-state index is 0.283. The Morgan fingerprint density at radius 3 is 1.90 bits per heavy atom. The molecule has 0 aliphatic carbocycles. The Balaban J connectivity index is 2.70. The summed E-state index contributed by atoms with van der Waals surface area (Å²) in [6.45, 7) is 10.5. The van der Waals surface area contributed by atoms with Crippen LogP contribution < -0.4 is 0 Å². The molecule has 0 saturated heterocycles. The molecule has 0 aromatic heterocycles. The van der Waals surface area contributed by atoms with Gasteiger partial charge in [-0.1, -0.05) is 12.1 Å². The van der Waals surface area contributed by atoms with E-state index in [2.05, 4.69) is 50.5 Å². The summed E-state index contributed by atoms with van der Waals surface area (Å²) >= 11 is 10.0. The van der Waals surface area contributed by atoms with Gasteiger partial charge in [-0.3, -0.25) is 0 Å². The summed E-state index contributed by atoms with van der Waals surface area (Å²) in [5.74, 6) is -0.283. The molecular formula is C18H19BrClF. The summed E-state index contributed by atoms with van der Waals surface area (Å²) in [5.41, 5.74) is 8.04. The summed E-state index contributed by atoms with van der Waals surface area (Å²) in [7, 11) is 0. The van der Waals surface area contributed by atoms with E-state index in [1.807, 2.05) is 6.07 Å². The maximum absolute atomic E-state index is 13.8. The topological polar surface area (TPSA) is 0 Å². The first kappa shape index (κ1) is 16.5. The van der Waals surface area contributed by atoms with E-state index in [4.69, 9.17) is 11.6 Å². The maximum atomic E-state index is 13.8. The molecule has 1 atom stereocenters. The molecule has 2 rings (SSSR count). The van der Waals surface area contributed by atoms with E-state index in [1.54, 1.807) is 6.07 Å². The second-order valence-electron chi connectivity index (χ2n) is 5.54. The van der Waals surface area contributed by atoms with Crippen LogP contribution in [0.1, 0.15) is 44.3 Å². The predicted octanol–water partition coefficient (Wildman–Crippen LogP) is 6.46. The van der Waals surface area contributed by atoms with E-state index in [0.29, 0.717) is 4.47 Å². The van der Waals surface area contributed by atoms with E-state index in [1.165, 1.54) is 33.9 Å². The van der Waals surface area contributed by atoms with Gasteiger partial charge in [0.2, 0.25) is 0 Å². The van der Waals surface area contributed by atoms with Gasteiger partial charge >= 0.3 is 0 Å². The van der Waals surface area contributed by atoms with Crippen molar-refractivity contribution in [2.24, 2.45) is 0 Å². The zero-order chi connectivity index (χ0) is 15.9. The van der Waals surface area contributed by atoms with E-state index in [9.17, 15) is 4.39 Å². The van der Waals surface area contributed by atoms with Crippen LogP contribution in [0.2, 0.25) is 0 Å². The Bertz CT molecular complexity index is 678. The molecule has 2 aromatic rings. The quantitative estimate of drug-likeness (QED) is 0.533. The molecule has 0 radical (unpaired) electrons. The first-order chi connectivity index (χ1) is 9.77. The van der Waals surface area contributed by atoms with Gasteiger partial charge < -0.3 is 0 Å². The largest absolute Gasteiger partial charge is 0.206 e. The fraction of sp³-hybridized carbons (Fsp3) is 0.333. The minimum atomic E-state index is -0.368. The lowest BCUT2D eigenvalue weighted by Gasteiger charge is -2.23. The lowest BCUT2D eigenvalue weighted by molar-refractivity contribution is 0.618. The van der Waals surface area contributed by atoms with Gasteiger partial charge in [0, 0.05) is 0 Å². The predicted molar refractivity (Wildman–Crippen MR) is 91.9 cm³/mol. The van der Waals surface area contributed by atoms with Gasteiger partial charge in [0.15, 0.2) is 0 Å². The molecule has 0 aliphatic heterocycles. The van der Waals surface area contributed by atoms with Crippen molar-refractivity contribution in [2.45, 2.75) is 40.0 Å². The molecule has 0 saturated carbocycles. The summed E-state index contributed by atoms with van der Waals surface area (Å²) in [6, 6.07) is 5.00. The molecule has 21 heavy (non-hydrogen) atoms. The second-order valence-corrected chi connectivity index (χ2v) is 6.77. The summed E-state index contributed by atoms with van der Waals surface area (Å²) in [6.07, 6.45) is 0. The average molecular weight is 370 g/mol. The van der Waals surface area contributed by atoms with Gasteiger partial charge in [-0.2, -0.15) is 0 Å². The van der Waals surface area contributed by atoms with Crippen LogP contribution in [-0.4, -0.2) is 0 Å². The highest BCUT2D eigenvalue weighted by molar-refractivity contribution is 9.10. The van der Waals surface area contributed by atoms with Gasteiger partial charge in [-0.25, -0.2) is 4.39 Å². The molecule has 1 unspecified atom stereocenters. The molecule has 0 spiro atoms. The van der Waals surface area contributed by atoms with Gasteiger partial charge in [0.05, 0.1) is 9.85 Å². The van der Waals surface area contributed by atoms with E-state index >= 15 is 0 Å². The zero-order valence-electron chi connectivity index (χ0n) is 12.9. The molecule has 2 aromatic carbocycles. The Morgan fingerprint density at radius 1 is 0.905 bits per heavy atom. The molecule has 0 fully saturated rings. The molecule has 0 heterocycles. The summed E-state index contributed by atoms with van der Waals surface area (Å²) < 4.78 is 14.2. The molecule has 0 amide bonds. The monoisotopic (exact) mass is 368 g/mol. The molecule has 0 aliphatic rings. The fourth-order valence-corrected chi connectivity index (χ4v) is 3.92. The first-order valence-corrected chi connectivity index (χ1v) is 8.15. The maximum Gasteiger partial charge on any atom is 0.137 e. The standard InChI is InChI=1S/C18H19BrClF/c1-9-10(2)12(4)16(13(5)11(9)3)18(20)14-7-6-8-15(21)17(14)19/h6-8,18H,1-5H3. The third-order valence-corrected chi connectivity index (χ3v) is 5.86. The van der Waals surface area contributed by atoms with Crippen LogP contribution in [0.25, 0.3) is 0 Å². The molecular weight excluding hydrogens is 351 g/mol. The molecule has 0 bridgehead atoms. The van der Waals surface area contributed by atoms with Gasteiger partial charge in [0.1, 0.15) is 5.82 Å². The van der Waals surface area contributed by atoms with Crippen molar-refractivity contribution in [1.82, 2.24) is 0 Å². The van der Waals surface area contributed by atoms with Crippen molar-refractivity contribution in [2.75, 3.05) is 0 Å². The van der Waals surface area contributed by atoms with Crippen molar-refractivity contribution in [3.8, 4) is 0 Å². The number of benzene rings is 2. The highest BCUT2D eigenvalue weighted by Crippen LogP contribution is 2.40. The van der Waals surface area contributed by atoms with Crippen LogP contribution in [0.4, 0.5) is 4.39 Å². The van der Waals surface area contributed by atoms with E-state index in [-0.39, 0.29) is 11.2 Å². The third kappa shape index (κ3) is 2.76. The Kier molecular flexibility index (Phi) is 4.79. The number of halogens is 3. The van der Waals surface area contributed by atoms with Gasteiger partial charge in [-0.05, 0) is 95.6 Å². The van der Waals surface area contributed by atoms with Gasteiger partial charge in [0.25, 0.3) is 0 Å². The highest BCUT2D eigenvalue weighted by Gasteiger charge is 2.22. The molecule has 0 N–H and O–H groups in total. The lowest BCUT2D eigenvalue weighted by Crippen LogP contribution is -2.06. The minimum Gasteiger partial charge on any atom is -0.206 e. The second kappa shape index (κ2) is 6.10. The third-order valence-electron chi connectivity index (χ3n) is 4.57. The van der Waals surface area contributed by atoms with E-state index < -0.39 is 0 Å². The first-order valence-electron chi connectivity index (χ1n) is 6.92. The fourth-order valence-electron chi connectivity index (χ4n) is 2.78. The zero-order valence-corrected chi connectivity index (χ0v) is 15.3. The van der Waals surface area contributed by atoms with Crippen LogP contribution in [0.5, 0.6) is 0 Å². The Morgan fingerprint density at radius 2 is 1.38 bits per heavy atom. The lowest BCUT2D eigenvalue weighted by atomic mass is 9.86. The van der Waals surface area contributed by atoms with Crippen molar-refractivity contribution in [1.29, 1.82) is 0 Å². The van der Waals surface area contributed by atoms with Crippen LogP contribution in [0.15, 0.2) is 22.7 Å². The number of hydrogen-bond donors (Lipinski definition) is 0. The Hall–Kier alpha value is -0.860. The van der Waals surface area contributed by atoms with Crippen LogP contribution >= 0.6 is 27.5 Å². The van der Waals surface area contributed by atoms with Crippen LogP contribution in [-0.2, 0) is 0 Å². The SMILES string of the molecule is Cc1c(C)c(C)c(C(Cl)c2cccc(F)c2Br)c(C)c1C.